The molecule has 1 amide bonds. The van der Waals surface area contributed by atoms with E-state index in [0.717, 1.165) is 24.1 Å². The number of ether oxygens (including phenoxy) is 1. The number of esters is 1. The molecule has 0 saturated heterocycles. The van der Waals surface area contributed by atoms with Gasteiger partial charge in [-0.1, -0.05) is 44.2 Å². The number of hydrogen-bond donors (Lipinski definition) is 1. The molecule has 1 aromatic carbocycles. The van der Waals surface area contributed by atoms with Gasteiger partial charge in [0.05, 0.1) is 5.69 Å². The zero-order chi connectivity index (χ0) is 17.4. The monoisotopic (exact) mass is 344 g/mol. The van der Waals surface area contributed by atoms with Crippen LogP contribution in [0.4, 0.5) is 5.13 Å². The number of benzene rings is 1. The average Bonchev–Trinajstić information content (AvgIpc) is 3.06. The van der Waals surface area contributed by atoms with Crippen LogP contribution in [-0.2, 0) is 20.7 Å². The Balaban J connectivity index is 1.89. The predicted molar refractivity (Wildman–Crippen MR) is 95.9 cm³/mol. The molecule has 0 bridgehead atoms. The summed E-state index contributed by atoms with van der Waals surface area (Å²) in [4.78, 5) is 27.5. The van der Waals surface area contributed by atoms with Gasteiger partial charge in [-0.3, -0.25) is 10.1 Å². The average molecular weight is 344 g/mol. The van der Waals surface area contributed by atoms with Crippen LogP contribution in [0.25, 0.3) is 11.3 Å². The summed E-state index contributed by atoms with van der Waals surface area (Å²) < 4.78 is 4.83. The number of carbonyl (C=O) groups is 2. The highest BCUT2D eigenvalue weighted by molar-refractivity contribution is 7.14. The second-order valence-corrected chi connectivity index (χ2v) is 5.91. The van der Waals surface area contributed by atoms with Crippen LogP contribution in [0.3, 0.4) is 0 Å². The molecular weight excluding hydrogens is 324 g/mol. The lowest BCUT2D eigenvalue weighted by Crippen LogP contribution is -2.20. The van der Waals surface area contributed by atoms with Gasteiger partial charge in [0.15, 0.2) is 11.7 Å². The number of anilines is 1. The molecule has 6 heteroatoms. The van der Waals surface area contributed by atoms with Gasteiger partial charge in [0.25, 0.3) is 5.91 Å². The minimum absolute atomic E-state index is 0.326. The van der Waals surface area contributed by atoms with Crippen LogP contribution in [0.15, 0.2) is 41.8 Å². The van der Waals surface area contributed by atoms with E-state index in [0.29, 0.717) is 5.13 Å². The van der Waals surface area contributed by atoms with Gasteiger partial charge < -0.3 is 4.74 Å². The summed E-state index contributed by atoms with van der Waals surface area (Å²) in [5.74, 6) is -0.932. The SMILES string of the molecule is CC/C=C/C(=O)OCC(=O)Nc1nc(-c2ccc(CC)cc2)cs1. The second-order valence-electron chi connectivity index (χ2n) is 5.05. The third-order valence-electron chi connectivity index (χ3n) is 3.24. The van der Waals surface area contributed by atoms with E-state index >= 15 is 0 Å². The summed E-state index contributed by atoms with van der Waals surface area (Å²) in [7, 11) is 0. The minimum Gasteiger partial charge on any atom is -0.452 e. The molecule has 0 aliphatic carbocycles. The van der Waals surface area contributed by atoms with E-state index in [9.17, 15) is 9.59 Å². The quantitative estimate of drug-likeness (QED) is 0.612. The van der Waals surface area contributed by atoms with Crippen LogP contribution >= 0.6 is 11.3 Å². The maximum absolute atomic E-state index is 11.8. The Morgan fingerprint density at radius 1 is 1.25 bits per heavy atom. The second kappa shape index (κ2) is 8.98. The molecule has 0 saturated carbocycles. The Morgan fingerprint density at radius 3 is 2.67 bits per heavy atom. The molecule has 0 aliphatic heterocycles. The Hall–Kier alpha value is -2.47. The molecule has 1 aromatic heterocycles. The first-order valence-corrected chi connectivity index (χ1v) is 8.68. The summed E-state index contributed by atoms with van der Waals surface area (Å²) in [5, 5.41) is 5.00. The van der Waals surface area contributed by atoms with Crippen molar-refractivity contribution in [2.45, 2.75) is 26.7 Å². The van der Waals surface area contributed by atoms with Crippen LogP contribution in [0, 0.1) is 0 Å². The maximum Gasteiger partial charge on any atom is 0.330 e. The molecule has 5 nitrogen and oxygen atoms in total. The van der Waals surface area contributed by atoms with E-state index in [4.69, 9.17) is 4.74 Å². The Bertz CT molecular complexity index is 720. The van der Waals surface area contributed by atoms with E-state index in [1.54, 1.807) is 6.08 Å². The molecule has 0 radical (unpaired) electrons. The largest absolute Gasteiger partial charge is 0.452 e. The molecule has 24 heavy (non-hydrogen) atoms. The number of nitrogens with one attached hydrogen (secondary N) is 1. The van der Waals surface area contributed by atoms with Gasteiger partial charge >= 0.3 is 5.97 Å². The number of rotatable bonds is 7. The number of aromatic nitrogens is 1. The standard InChI is InChI=1S/C18H20N2O3S/c1-3-5-6-17(22)23-11-16(21)20-18-19-15(12-24-18)14-9-7-13(4-2)8-10-14/h5-10,12H,3-4,11H2,1-2H3,(H,19,20,21)/b6-5+. The molecular formula is C18H20N2O3S. The summed E-state index contributed by atoms with van der Waals surface area (Å²) >= 11 is 1.33. The Labute approximate surface area is 145 Å². The van der Waals surface area contributed by atoms with E-state index < -0.39 is 11.9 Å². The molecule has 0 spiro atoms. The maximum atomic E-state index is 11.8. The smallest absolute Gasteiger partial charge is 0.330 e. The highest BCUT2D eigenvalue weighted by Gasteiger charge is 2.09. The zero-order valence-electron chi connectivity index (χ0n) is 13.7. The van der Waals surface area contributed by atoms with Crippen molar-refractivity contribution >= 4 is 28.3 Å². The predicted octanol–water partition coefficient (Wildman–Crippen LogP) is 3.82. The Morgan fingerprint density at radius 2 is 2.00 bits per heavy atom. The summed E-state index contributed by atoms with van der Waals surface area (Å²) in [6, 6.07) is 8.16. The van der Waals surface area contributed by atoms with E-state index in [1.807, 2.05) is 24.4 Å². The molecule has 0 aliphatic rings. The van der Waals surface area contributed by atoms with Crippen LogP contribution in [-0.4, -0.2) is 23.5 Å². The number of allylic oxidation sites excluding steroid dienone is 1. The van der Waals surface area contributed by atoms with Crippen LogP contribution < -0.4 is 5.32 Å². The van der Waals surface area contributed by atoms with Crippen molar-refractivity contribution in [3.05, 3.63) is 47.4 Å². The lowest BCUT2D eigenvalue weighted by Gasteiger charge is -2.02. The lowest BCUT2D eigenvalue weighted by atomic mass is 10.1. The van der Waals surface area contributed by atoms with E-state index in [2.05, 4.69) is 29.4 Å². The number of aryl methyl sites for hydroxylation is 1. The number of thiazole rings is 1. The third-order valence-corrected chi connectivity index (χ3v) is 4.00. The molecule has 2 rings (SSSR count). The van der Waals surface area contributed by atoms with Crippen molar-refractivity contribution in [2.24, 2.45) is 0 Å². The fraction of sp³-hybridized carbons (Fsp3) is 0.278. The summed E-state index contributed by atoms with van der Waals surface area (Å²) in [5.41, 5.74) is 3.07. The molecule has 0 unspecified atom stereocenters. The van der Waals surface area contributed by atoms with Gasteiger partial charge in [-0.05, 0) is 18.4 Å². The number of carbonyl (C=O) groups excluding carboxylic acids is 2. The van der Waals surface area contributed by atoms with Crippen molar-refractivity contribution < 1.29 is 14.3 Å². The number of amides is 1. The molecule has 0 atom stereocenters. The minimum atomic E-state index is -0.525. The van der Waals surface area contributed by atoms with Gasteiger partial charge in [0.2, 0.25) is 0 Å². The van der Waals surface area contributed by atoms with Gasteiger partial charge in [-0.2, -0.15) is 0 Å². The van der Waals surface area contributed by atoms with Crippen molar-refractivity contribution in [1.29, 1.82) is 0 Å². The fourth-order valence-corrected chi connectivity index (χ4v) is 2.67. The van der Waals surface area contributed by atoms with Crippen LogP contribution in [0.2, 0.25) is 0 Å². The van der Waals surface area contributed by atoms with Crippen molar-refractivity contribution in [2.75, 3.05) is 11.9 Å². The van der Waals surface area contributed by atoms with E-state index in [-0.39, 0.29) is 6.61 Å². The molecule has 0 fully saturated rings. The highest BCUT2D eigenvalue weighted by atomic mass is 32.1. The Kier molecular flexibility index (Phi) is 6.69. The highest BCUT2D eigenvalue weighted by Crippen LogP contribution is 2.25. The molecule has 1 heterocycles. The number of hydrogen-bond acceptors (Lipinski definition) is 5. The lowest BCUT2D eigenvalue weighted by molar-refractivity contribution is -0.142. The van der Waals surface area contributed by atoms with Gasteiger partial charge in [-0.15, -0.1) is 11.3 Å². The summed E-state index contributed by atoms with van der Waals surface area (Å²) in [6.45, 7) is 3.69. The topological polar surface area (TPSA) is 68.3 Å². The third kappa shape index (κ3) is 5.31. The zero-order valence-corrected chi connectivity index (χ0v) is 14.6. The van der Waals surface area contributed by atoms with Crippen LogP contribution in [0.5, 0.6) is 0 Å². The van der Waals surface area contributed by atoms with Crippen LogP contribution in [0.1, 0.15) is 25.8 Å². The van der Waals surface area contributed by atoms with E-state index in [1.165, 1.54) is 23.0 Å². The van der Waals surface area contributed by atoms with Gasteiger partial charge in [0.1, 0.15) is 0 Å². The molecule has 1 N–H and O–H groups in total. The number of nitrogens with zero attached hydrogens (tertiary/aromatic N) is 1. The van der Waals surface area contributed by atoms with Gasteiger partial charge in [-0.25, -0.2) is 9.78 Å². The molecule has 2 aromatic rings. The van der Waals surface area contributed by atoms with Crippen molar-refractivity contribution in [3.8, 4) is 11.3 Å². The first-order valence-electron chi connectivity index (χ1n) is 7.80. The summed E-state index contributed by atoms with van der Waals surface area (Å²) in [6.07, 6.45) is 4.72. The molecule has 126 valence electrons. The first-order chi connectivity index (χ1) is 11.6. The van der Waals surface area contributed by atoms with Crippen molar-refractivity contribution in [3.63, 3.8) is 0 Å². The van der Waals surface area contributed by atoms with Gasteiger partial charge in [0, 0.05) is 17.0 Å². The van der Waals surface area contributed by atoms with Crippen molar-refractivity contribution in [1.82, 2.24) is 4.98 Å². The fourth-order valence-electron chi connectivity index (χ4n) is 1.93. The first kappa shape index (κ1) is 17.9. The normalized spacial score (nSPS) is 10.8.